The highest BCUT2D eigenvalue weighted by Gasteiger charge is 2.71. The number of esters is 1. The highest BCUT2D eigenvalue weighted by Crippen LogP contribution is 2.60. The summed E-state index contributed by atoms with van der Waals surface area (Å²) in [6.07, 6.45) is 9.98. The molecular formula is C22H30N2O5S. The average Bonchev–Trinajstić information content (AvgIpc) is 2.99. The molecule has 0 aliphatic carbocycles. The monoisotopic (exact) mass is 434 g/mol. The number of hydrogen-bond acceptors (Lipinski definition) is 6. The molecule has 0 aromatic carbocycles. The van der Waals surface area contributed by atoms with Gasteiger partial charge in [-0.3, -0.25) is 14.4 Å². The normalized spacial score (nSPS) is 35.3. The van der Waals surface area contributed by atoms with Gasteiger partial charge in [0, 0.05) is 31.0 Å². The first kappa shape index (κ1) is 21.4. The van der Waals surface area contributed by atoms with Gasteiger partial charge in [0.25, 0.3) is 0 Å². The van der Waals surface area contributed by atoms with Crippen LogP contribution < -0.4 is 0 Å². The van der Waals surface area contributed by atoms with Crippen LogP contribution in [-0.2, 0) is 19.1 Å². The lowest BCUT2D eigenvalue weighted by molar-refractivity contribution is -0.151. The molecule has 0 aromatic rings. The Morgan fingerprint density at radius 1 is 1.20 bits per heavy atom. The number of ether oxygens (including phenoxy) is 1. The SMILES string of the molecule is CC(C)N1CC=C[C@]23S[C@H]4C=CCOC(=O)[C@H]4[C@H]2C(=O)N(CCCCCO)C3C1=O. The summed E-state index contributed by atoms with van der Waals surface area (Å²) in [5.74, 6) is -1.69. The zero-order valence-electron chi connectivity index (χ0n) is 17.5. The third-order valence-corrected chi connectivity index (χ3v) is 8.37. The van der Waals surface area contributed by atoms with Gasteiger partial charge in [-0.15, -0.1) is 11.8 Å². The van der Waals surface area contributed by atoms with E-state index in [1.54, 1.807) is 16.7 Å². The summed E-state index contributed by atoms with van der Waals surface area (Å²) < 4.78 is 4.60. The smallest absolute Gasteiger partial charge is 0.311 e. The molecule has 0 aromatic heterocycles. The number of fused-ring (bicyclic) bond motifs is 2. The molecule has 1 N–H and O–H groups in total. The van der Waals surface area contributed by atoms with Crippen LogP contribution in [0.15, 0.2) is 24.3 Å². The van der Waals surface area contributed by atoms with Crippen LogP contribution in [0.4, 0.5) is 0 Å². The lowest BCUT2D eigenvalue weighted by Gasteiger charge is -2.36. The topological polar surface area (TPSA) is 87.2 Å². The van der Waals surface area contributed by atoms with Crippen LogP contribution in [0.5, 0.6) is 0 Å². The second-order valence-electron chi connectivity index (χ2n) is 8.70. The van der Waals surface area contributed by atoms with Gasteiger partial charge in [-0.1, -0.05) is 24.3 Å². The Hall–Kier alpha value is -1.80. The van der Waals surface area contributed by atoms with Crippen molar-refractivity contribution in [2.75, 3.05) is 26.3 Å². The summed E-state index contributed by atoms with van der Waals surface area (Å²) >= 11 is 1.57. The number of nitrogens with zero attached hydrogens (tertiary/aromatic N) is 2. The van der Waals surface area contributed by atoms with E-state index in [1.807, 2.05) is 43.1 Å². The minimum atomic E-state index is -0.759. The maximum absolute atomic E-state index is 13.7. The fourth-order valence-electron chi connectivity index (χ4n) is 5.26. The molecule has 30 heavy (non-hydrogen) atoms. The van der Waals surface area contributed by atoms with Crippen molar-refractivity contribution in [3.8, 4) is 0 Å². The van der Waals surface area contributed by atoms with E-state index in [9.17, 15) is 14.4 Å². The highest BCUT2D eigenvalue weighted by atomic mass is 32.2. The first-order chi connectivity index (χ1) is 14.4. The van der Waals surface area contributed by atoms with Crippen LogP contribution in [-0.4, -0.2) is 81.1 Å². The first-order valence-electron chi connectivity index (χ1n) is 10.8. The Labute approximate surface area is 181 Å². The molecule has 1 unspecified atom stereocenters. The number of aliphatic hydroxyl groups is 1. The molecule has 164 valence electrons. The molecule has 0 saturated carbocycles. The van der Waals surface area contributed by atoms with Gasteiger partial charge in [-0.05, 0) is 33.1 Å². The molecular weight excluding hydrogens is 404 g/mol. The van der Waals surface area contributed by atoms with Gasteiger partial charge >= 0.3 is 5.97 Å². The number of amides is 2. The molecule has 5 atom stereocenters. The van der Waals surface area contributed by atoms with E-state index in [2.05, 4.69) is 0 Å². The van der Waals surface area contributed by atoms with E-state index in [0.29, 0.717) is 25.9 Å². The Balaban J connectivity index is 1.75. The Morgan fingerprint density at radius 3 is 2.73 bits per heavy atom. The summed E-state index contributed by atoms with van der Waals surface area (Å²) in [4.78, 5) is 43.7. The minimum Gasteiger partial charge on any atom is -0.461 e. The average molecular weight is 435 g/mol. The van der Waals surface area contributed by atoms with Crippen LogP contribution in [0.1, 0.15) is 33.1 Å². The number of likely N-dealkylation sites (tertiary alicyclic amines) is 1. The van der Waals surface area contributed by atoms with Gasteiger partial charge in [0.1, 0.15) is 12.6 Å². The Morgan fingerprint density at radius 2 is 2.00 bits per heavy atom. The number of cyclic esters (lactones) is 1. The molecule has 4 heterocycles. The van der Waals surface area contributed by atoms with Gasteiger partial charge in [0.15, 0.2) is 0 Å². The molecule has 2 amide bonds. The summed E-state index contributed by atoms with van der Waals surface area (Å²) in [7, 11) is 0. The molecule has 4 rings (SSSR count). The van der Waals surface area contributed by atoms with Crippen molar-refractivity contribution in [1.82, 2.24) is 9.80 Å². The third-order valence-electron chi connectivity index (χ3n) is 6.63. The molecule has 4 aliphatic heterocycles. The molecule has 2 fully saturated rings. The molecule has 2 saturated heterocycles. The van der Waals surface area contributed by atoms with Crippen molar-refractivity contribution in [2.45, 2.75) is 55.2 Å². The Bertz CT molecular complexity index is 781. The van der Waals surface area contributed by atoms with Gasteiger partial charge in [0.2, 0.25) is 11.8 Å². The van der Waals surface area contributed by atoms with Gasteiger partial charge < -0.3 is 19.6 Å². The maximum atomic E-state index is 13.7. The second-order valence-corrected chi connectivity index (χ2v) is 10.2. The van der Waals surface area contributed by atoms with Crippen molar-refractivity contribution in [3.05, 3.63) is 24.3 Å². The lowest BCUT2D eigenvalue weighted by Crippen LogP contribution is -2.54. The van der Waals surface area contributed by atoms with Crippen LogP contribution in [0.2, 0.25) is 0 Å². The number of carbonyl (C=O) groups excluding carboxylic acids is 3. The molecule has 1 spiro atoms. The fraction of sp³-hybridized carbons (Fsp3) is 0.682. The minimum absolute atomic E-state index is 0.0180. The van der Waals surface area contributed by atoms with Crippen LogP contribution >= 0.6 is 11.8 Å². The van der Waals surface area contributed by atoms with Gasteiger partial charge in [-0.25, -0.2) is 0 Å². The number of aliphatic hydroxyl groups excluding tert-OH is 1. The van der Waals surface area contributed by atoms with Crippen molar-refractivity contribution in [3.63, 3.8) is 0 Å². The summed E-state index contributed by atoms with van der Waals surface area (Å²) in [5, 5.41) is 8.91. The van der Waals surface area contributed by atoms with E-state index in [-0.39, 0.29) is 42.3 Å². The molecule has 4 aliphatic rings. The molecule has 7 nitrogen and oxygen atoms in total. The van der Waals surface area contributed by atoms with Crippen LogP contribution in [0, 0.1) is 11.8 Å². The van der Waals surface area contributed by atoms with Crippen molar-refractivity contribution >= 4 is 29.5 Å². The van der Waals surface area contributed by atoms with Gasteiger partial charge in [0.05, 0.1) is 16.6 Å². The summed E-state index contributed by atoms with van der Waals surface area (Å²) in [6.45, 7) is 5.26. The molecule has 0 radical (unpaired) electrons. The van der Waals surface area contributed by atoms with E-state index in [0.717, 1.165) is 6.42 Å². The fourth-order valence-corrected chi connectivity index (χ4v) is 7.26. The zero-order valence-corrected chi connectivity index (χ0v) is 18.3. The summed E-state index contributed by atoms with van der Waals surface area (Å²) in [6, 6.07) is -0.604. The van der Waals surface area contributed by atoms with Crippen molar-refractivity contribution in [2.24, 2.45) is 11.8 Å². The standard InChI is InChI=1S/C22H30N2O5S/c1-14(2)23-11-7-9-22-17(16-15(30-22)8-6-13-29-21(16)28)19(26)24(18(22)20(23)27)10-4-3-5-12-25/h6-9,14-18,25H,3-5,10-13H2,1-2H3/t15-,16+,17-,18?,22-/m0/s1. The third kappa shape index (κ3) is 3.28. The number of rotatable bonds is 6. The quantitative estimate of drug-likeness (QED) is 0.386. The van der Waals surface area contributed by atoms with E-state index in [4.69, 9.17) is 9.84 Å². The highest BCUT2D eigenvalue weighted by molar-refractivity contribution is 8.02. The predicted octanol–water partition coefficient (Wildman–Crippen LogP) is 1.37. The number of thioether (sulfide) groups is 1. The maximum Gasteiger partial charge on any atom is 0.311 e. The van der Waals surface area contributed by atoms with Crippen molar-refractivity contribution in [1.29, 1.82) is 0 Å². The van der Waals surface area contributed by atoms with E-state index >= 15 is 0 Å². The zero-order chi connectivity index (χ0) is 21.5. The van der Waals surface area contributed by atoms with E-state index < -0.39 is 22.6 Å². The largest absolute Gasteiger partial charge is 0.461 e. The second kappa shape index (κ2) is 8.38. The number of hydrogen-bond donors (Lipinski definition) is 1. The van der Waals surface area contributed by atoms with Crippen LogP contribution in [0.25, 0.3) is 0 Å². The summed E-state index contributed by atoms with van der Waals surface area (Å²) in [5.41, 5.74) is 0. The van der Waals surface area contributed by atoms with E-state index in [1.165, 1.54) is 0 Å². The van der Waals surface area contributed by atoms with Gasteiger partial charge in [-0.2, -0.15) is 0 Å². The van der Waals surface area contributed by atoms with Crippen molar-refractivity contribution < 1.29 is 24.2 Å². The molecule has 8 heteroatoms. The molecule has 0 bridgehead atoms. The van der Waals surface area contributed by atoms with Crippen LogP contribution in [0.3, 0.4) is 0 Å². The predicted molar refractivity (Wildman–Crippen MR) is 114 cm³/mol. The lowest BCUT2D eigenvalue weighted by atomic mass is 9.78. The number of unbranched alkanes of at least 4 members (excludes halogenated alkanes) is 2. The Kier molecular flexibility index (Phi) is 5.99. The first-order valence-corrected chi connectivity index (χ1v) is 11.7. The number of carbonyl (C=O) groups is 3.